The van der Waals surface area contributed by atoms with Crippen LogP contribution in [0.5, 0.6) is 0 Å². The molecular weight excluding hydrogens is 268 g/mol. The minimum absolute atomic E-state index is 0.324. The monoisotopic (exact) mass is 290 g/mol. The number of aromatic nitrogens is 5. The number of methoxy groups -OCH3 is 1. The number of ether oxygens (including phenoxy) is 1. The molecule has 7 heteroatoms. The summed E-state index contributed by atoms with van der Waals surface area (Å²) in [6.45, 7) is 6.33. The second-order valence-corrected chi connectivity index (χ2v) is 5.58. The van der Waals surface area contributed by atoms with Crippen molar-refractivity contribution in [3.05, 3.63) is 29.3 Å². The van der Waals surface area contributed by atoms with Crippen molar-refractivity contribution in [2.45, 2.75) is 32.5 Å². The Bertz CT molecular complexity index is 604. The van der Waals surface area contributed by atoms with Crippen LogP contribution < -0.4 is 0 Å². The van der Waals surface area contributed by atoms with Gasteiger partial charge in [-0.25, -0.2) is 4.68 Å². The Kier molecular flexibility index (Phi) is 4.03. The normalized spacial score (nSPS) is 18.9. The van der Waals surface area contributed by atoms with Crippen LogP contribution in [-0.4, -0.2) is 49.9 Å². The lowest BCUT2D eigenvalue weighted by atomic mass is 9.98. The van der Waals surface area contributed by atoms with Gasteiger partial charge < -0.3 is 4.74 Å². The Hall–Kier alpha value is -1.73. The van der Waals surface area contributed by atoms with Crippen molar-refractivity contribution in [1.82, 2.24) is 29.7 Å². The van der Waals surface area contributed by atoms with Gasteiger partial charge >= 0.3 is 0 Å². The zero-order chi connectivity index (χ0) is 14.8. The summed E-state index contributed by atoms with van der Waals surface area (Å²) in [5, 5.41) is 12.8. The van der Waals surface area contributed by atoms with E-state index in [0.29, 0.717) is 12.5 Å². The maximum Gasteiger partial charge on any atom is 0.100 e. The molecule has 3 heterocycles. The molecule has 0 aromatic carbocycles. The topological polar surface area (TPSA) is 61.0 Å². The molecule has 2 aromatic rings. The molecule has 0 N–H and O–H groups in total. The van der Waals surface area contributed by atoms with Crippen molar-refractivity contribution in [3.8, 4) is 0 Å². The van der Waals surface area contributed by atoms with Crippen LogP contribution in [0.3, 0.4) is 0 Å². The molecule has 1 aliphatic rings. The van der Waals surface area contributed by atoms with Crippen molar-refractivity contribution in [1.29, 1.82) is 0 Å². The lowest BCUT2D eigenvalue weighted by molar-refractivity contribution is 0.131. The fraction of sp³-hybridized carbons (Fsp3) is 0.643. The van der Waals surface area contributed by atoms with Crippen molar-refractivity contribution < 1.29 is 4.74 Å². The molecule has 7 nitrogen and oxygen atoms in total. The Morgan fingerprint density at radius 1 is 1.43 bits per heavy atom. The highest BCUT2D eigenvalue weighted by Crippen LogP contribution is 2.28. The number of aryl methyl sites for hydroxylation is 2. The molecule has 0 saturated heterocycles. The molecule has 0 fully saturated rings. The van der Waals surface area contributed by atoms with Crippen LogP contribution in [0.4, 0.5) is 0 Å². The van der Waals surface area contributed by atoms with Gasteiger partial charge in [-0.1, -0.05) is 5.21 Å². The number of nitrogens with zero attached hydrogens (tertiary/aromatic N) is 6. The van der Waals surface area contributed by atoms with E-state index < -0.39 is 0 Å². The fourth-order valence-corrected chi connectivity index (χ4v) is 3.09. The first kappa shape index (κ1) is 14.2. The molecule has 0 saturated carbocycles. The van der Waals surface area contributed by atoms with Crippen LogP contribution in [0.25, 0.3) is 0 Å². The molecule has 0 bridgehead atoms. The quantitative estimate of drug-likeness (QED) is 0.814. The summed E-state index contributed by atoms with van der Waals surface area (Å²) < 4.78 is 9.24. The molecule has 1 aliphatic heterocycles. The summed E-state index contributed by atoms with van der Waals surface area (Å²) in [7, 11) is 3.69. The van der Waals surface area contributed by atoms with Gasteiger partial charge in [0.2, 0.25) is 0 Å². The van der Waals surface area contributed by atoms with Gasteiger partial charge in [-0.2, -0.15) is 5.10 Å². The van der Waals surface area contributed by atoms with Gasteiger partial charge in [0, 0.05) is 58.0 Å². The Morgan fingerprint density at radius 2 is 2.29 bits per heavy atom. The second-order valence-electron chi connectivity index (χ2n) is 5.58. The van der Waals surface area contributed by atoms with Crippen LogP contribution in [0, 0.1) is 0 Å². The molecule has 3 rings (SSSR count). The van der Waals surface area contributed by atoms with E-state index in [4.69, 9.17) is 4.74 Å². The molecule has 21 heavy (non-hydrogen) atoms. The van der Waals surface area contributed by atoms with Crippen molar-refractivity contribution >= 4 is 0 Å². The lowest BCUT2D eigenvalue weighted by Gasteiger charge is -2.31. The summed E-state index contributed by atoms with van der Waals surface area (Å²) >= 11 is 0. The van der Waals surface area contributed by atoms with Crippen LogP contribution in [-0.2, 0) is 31.4 Å². The molecule has 0 aliphatic carbocycles. The van der Waals surface area contributed by atoms with E-state index in [-0.39, 0.29) is 0 Å². The molecule has 0 radical (unpaired) electrons. The predicted molar refractivity (Wildman–Crippen MR) is 77.6 cm³/mol. The highest BCUT2D eigenvalue weighted by Gasteiger charge is 2.30. The Labute approximate surface area is 124 Å². The summed E-state index contributed by atoms with van der Waals surface area (Å²) in [5.74, 6) is 0.324. The van der Waals surface area contributed by atoms with Crippen LogP contribution in [0.1, 0.15) is 29.8 Å². The van der Waals surface area contributed by atoms with E-state index in [0.717, 1.165) is 31.9 Å². The molecule has 0 unspecified atom stereocenters. The maximum absolute atomic E-state index is 5.40. The zero-order valence-electron chi connectivity index (χ0n) is 12.9. The SMILES string of the molecule is CCn1nnc2c1[C@H](COC)CN(Cc1cnn(C)c1)C2. The first-order valence-corrected chi connectivity index (χ1v) is 7.32. The summed E-state index contributed by atoms with van der Waals surface area (Å²) in [4.78, 5) is 2.39. The van der Waals surface area contributed by atoms with Gasteiger partial charge in [-0.3, -0.25) is 9.58 Å². The average molecular weight is 290 g/mol. The van der Waals surface area contributed by atoms with Gasteiger partial charge in [0.15, 0.2) is 0 Å². The summed E-state index contributed by atoms with van der Waals surface area (Å²) in [5.41, 5.74) is 3.54. The minimum atomic E-state index is 0.324. The molecule has 1 atom stereocenters. The first-order chi connectivity index (χ1) is 10.2. The molecular formula is C14H22N6O. The number of hydrogen-bond donors (Lipinski definition) is 0. The molecule has 114 valence electrons. The van der Waals surface area contributed by atoms with Gasteiger partial charge in [0.25, 0.3) is 0 Å². The van der Waals surface area contributed by atoms with Crippen molar-refractivity contribution in [2.75, 3.05) is 20.3 Å². The first-order valence-electron chi connectivity index (χ1n) is 7.32. The third-order valence-corrected chi connectivity index (χ3v) is 3.92. The van der Waals surface area contributed by atoms with E-state index in [9.17, 15) is 0 Å². The third kappa shape index (κ3) is 2.84. The van der Waals surface area contributed by atoms with Gasteiger partial charge in [-0.15, -0.1) is 5.10 Å². The zero-order valence-corrected chi connectivity index (χ0v) is 12.9. The fourth-order valence-electron chi connectivity index (χ4n) is 3.09. The second kappa shape index (κ2) is 5.95. The highest BCUT2D eigenvalue weighted by atomic mass is 16.5. The summed E-state index contributed by atoms with van der Waals surface area (Å²) in [6.07, 6.45) is 3.98. The number of hydrogen-bond acceptors (Lipinski definition) is 5. The van der Waals surface area contributed by atoms with E-state index in [1.54, 1.807) is 7.11 Å². The van der Waals surface area contributed by atoms with E-state index in [1.165, 1.54) is 11.3 Å². The Balaban J connectivity index is 1.80. The van der Waals surface area contributed by atoms with Crippen LogP contribution in [0.15, 0.2) is 12.4 Å². The highest BCUT2D eigenvalue weighted by molar-refractivity contribution is 5.20. The predicted octanol–water partition coefficient (Wildman–Crippen LogP) is 0.777. The minimum Gasteiger partial charge on any atom is -0.384 e. The smallest absolute Gasteiger partial charge is 0.100 e. The van der Waals surface area contributed by atoms with E-state index in [1.807, 2.05) is 22.6 Å². The standard InChI is InChI=1S/C14H22N6O/c1-4-20-14-12(10-21-3)8-19(9-13(14)16-17-20)7-11-5-15-18(2)6-11/h5-6,12H,4,7-10H2,1-3H3/t12-/m0/s1. The van der Waals surface area contributed by atoms with Gasteiger partial charge in [0.05, 0.1) is 18.5 Å². The van der Waals surface area contributed by atoms with Gasteiger partial charge in [0.1, 0.15) is 5.69 Å². The van der Waals surface area contributed by atoms with Crippen LogP contribution >= 0.6 is 0 Å². The molecule has 2 aromatic heterocycles. The largest absolute Gasteiger partial charge is 0.384 e. The summed E-state index contributed by atoms with van der Waals surface area (Å²) in [6, 6.07) is 0. The Morgan fingerprint density at radius 3 is 2.95 bits per heavy atom. The molecule has 0 spiro atoms. The molecule has 0 amide bonds. The van der Waals surface area contributed by atoms with Crippen molar-refractivity contribution in [2.24, 2.45) is 7.05 Å². The lowest BCUT2D eigenvalue weighted by Crippen LogP contribution is -2.36. The number of rotatable bonds is 5. The average Bonchev–Trinajstić information content (AvgIpc) is 3.05. The third-order valence-electron chi connectivity index (χ3n) is 3.92. The van der Waals surface area contributed by atoms with Crippen LogP contribution in [0.2, 0.25) is 0 Å². The van der Waals surface area contributed by atoms with E-state index in [2.05, 4.69) is 33.4 Å². The maximum atomic E-state index is 5.40. The van der Waals surface area contributed by atoms with Gasteiger partial charge in [-0.05, 0) is 6.92 Å². The van der Waals surface area contributed by atoms with E-state index >= 15 is 0 Å². The number of fused-ring (bicyclic) bond motifs is 1. The van der Waals surface area contributed by atoms with Crippen molar-refractivity contribution in [3.63, 3.8) is 0 Å².